The van der Waals surface area contributed by atoms with Gasteiger partial charge in [-0.15, -0.1) is 0 Å². The molecule has 0 amide bonds. The summed E-state index contributed by atoms with van der Waals surface area (Å²) in [5.74, 6) is -0.917. The monoisotopic (exact) mass is 234 g/mol. The SMILES string of the molecule is CNc1ncc(-c2ccc(F)c(F)c2)cc1C. The summed E-state index contributed by atoms with van der Waals surface area (Å²) >= 11 is 0. The van der Waals surface area contributed by atoms with Crippen molar-refractivity contribution in [1.29, 1.82) is 0 Å². The molecule has 0 radical (unpaired) electrons. The fourth-order valence-electron chi connectivity index (χ4n) is 1.67. The van der Waals surface area contributed by atoms with Crippen LogP contribution in [0, 0.1) is 18.6 Å². The van der Waals surface area contributed by atoms with Crippen molar-refractivity contribution in [3.05, 3.63) is 47.7 Å². The third-order valence-electron chi connectivity index (χ3n) is 2.57. The molecule has 4 heteroatoms. The summed E-state index contributed by atoms with van der Waals surface area (Å²) in [6, 6.07) is 5.70. The molecule has 2 aromatic rings. The highest BCUT2D eigenvalue weighted by Crippen LogP contribution is 2.23. The number of rotatable bonds is 2. The van der Waals surface area contributed by atoms with E-state index in [0.717, 1.165) is 23.0 Å². The van der Waals surface area contributed by atoms with Crippen molar-refractivity contribution in [1.82, 2.24) is 4.98 Å². The lowest BCUT2D eigenvalue weighted by Crippen LogP contribution is -1.96. The third-order valence-corrected chi connectivity index (χ3v) is 2.57. The van der Waals surface area contributed by atoms with Gasteiger partial charge in [-0.05, 0) is 36.2 Å². The van der Waals surface area contributed by atoms with E-state index in [9.17, 15) is 8.78 Å². The van der Waals surface area contributed by atoms with E-state index in [0.29, 0.717) is 5.56 Å². The number of halogens is 2. The van der Waals surface area contributed by atoms with Gasteiger partial charge in [-0.25, -0.2) is 13.8 Å². The van der Waals surface area contributed by atoms with Crippen LogP contribution >= 0.6 is 0 Å². The van der Waals surface area contributed by atoms with Gasteiger partial charge in [-0.1, -0.05) is 6.07 Å². The second-order valence-corrected chi connectivity index (χ2v) is 3.77. The number of nitrogens with one attached hydrogen (secondary N) is 1. The van der Waals surface area contributed by atoms with Crippen molar-refractivity contribution in [2.45, 2.75) is 6.92 Å². The van der Waals surface area contributed by atoms with Gasteiger partial charge in [0.2, 0.25) is 0 Å². The van der Waals surface area contributed by atoms with Gasteiger partial charge in [0, 0.05) is 18.8 Å². The van der Waals surface area contributed by atoms with Crippen LogP contribution in [0.3, 0.4) is 0 Å². The number of hydrogen-bond donors (Lipinski definition) is 1. The average molecular weight is 234 g/mol. The van der Waals surface area contributed by atoms with E-state index in [1.807, 2.05) is 13.0 Å². The largest absolute Gasteiger partial charge is 0.373 e. The number of aromatic nitrogens is 1. The van der Waals surface area contributed by atoms with Crippen LogP contribution in [-0.4, -0.2) is 12.0 Å². The third kappa shape index (κ3) is 2.25. The molecular formula is C13H12F2N2. The number of hydrogen-bond acceptors (Lipinski definition) is 2. The smallest absolute Gasteiger partial charge is 0.159 e. The molecule has 0 aliphatic heterocycles. The predicted molar refractivity (Wildman–Crippen MR) is 63.9 cm³/mol. The number of aryl methyl sites for hydroxylation is 1. The normalized spacial score (nSPS) is 10.4. The zero-order valence-corrected chi connectivity index (χ0v) is 9.59. The highest BCUT2D eigenvalue weighted by Gasteiger charge is 2.06. The Labute approximate surface area is 98.3 Å². The minimum absolute atomic E-state index is 0.613. The van der Waals surface area contributed by atoms with E-state index < -0.39 is 11.6 Å². The molecule has 2 nitrogen and oxygen atoms in total. The van der Waals surface area contributed by atoms with E-state index in [2.05, 4.69) is 10.3 Å². The van der Waals surface area contributed by atoms with Gasteiger partial charge < -0.3 is 5.32 Å². The van der Waals surface area contributed by atoms with Crippen molar-refractivity contribution in [2.75, 3.05) is 12.4 Å². The minimum atomic E-state index is -0.849. The van der Waals surface area contributed by atoms with Crippen LogP contribution in [0.4, 0.5) is 14.6 Å². The summed E-state index contributed by atoms with van der Waals surface area (Å²) in [6.07, 6.45) is 1.63. The van der Waals surface area contributed by atoms with E-state index in [1.54, 1.807) is 13.2 Å². The number of nitrogens with zero attached hydrogens (tertiary/aromatic N) is 1. The van der Waals surface area contributed by atoms with Crippen molar-refractivity contribution in [3.63, 3.8) is 0 Å². The molecule has 0 atom stereocenters. The minimum Gasteiger partial charge on any atom is -0.373 e. The Morgan fingerprint density at radius 1 is 1.06 bits per heavy atom. The molecular weight excluding hydrogens is 222 g/mol. The first-order chi connectivity index (χ1) is 8.11. The van der Waals surface area contributed by atoms with Crippen LogP contribution in [0.1, 0.15) is 5.56 Å². The first kappa shape index (κ1) is 11.5. The molecule has 0 saturated carbocycles. The zero-order chi connectivity index (χ0) is 12.4. The van der Waals surface area contributed by atoms with Crippen molar-refractivity contribution < 1.29 is 8.78 Å². The fourth-order valence-corrected chi connectivity index (χ4v) is 1.67. The van der Waals surface area contributed by atoms with Crippen LogP contribution in [-0.2, 0) is 0 Å². The Balaban J connectivity index is 2.46. The molecule has 88 valence electrons. The summed E-state index contributed by atoms with van der Waals surface area (Å²) in [6.45, 7) is 1.90. The molecule has 1 aromatic heterocycles. The maximum Gasteiger partial charge on any atom is 0.159 e. The highest BCUT2D eigenvalue weighted by molar-refractivity contribution is 5.65. The Kier molecular flexibility index (Phi) is 3.04. The molecule has 0 aliphatic carbocycles. The second-order valence-electron chi connectivity index (χ2n) is 3.77. The fraction of sp³-hybridized carbons (Fsp3) is 0.154. The molecule has 0 aliphatic rings. The van der Waals surface area contributed by atoms with Gasteiger partial charge >= 0.3 is 0 Å². The molecule has 1 heterocycles. The Morgan fingerprint density at radius 3 is 2.41 bits per heavy atom. The zero-order valence-electron chi connectivity index (χ0n) is 9.59. The summed E-state index contributed by atoms with van der Waals surface area (Å²) in [7, 11) is 1.78. The molecule has 0 fully saturated rings. The van der Waals surface area contributed by atoms with E-state index >= 15 is 0 Å². The topological polar surface area (TPSA) is 24.9 Å². The van der Waals surface area contributed by atoms with Crippen LogP contribution in [0.5, 0.6) is 0 Å². The Hall–Kier alpha value is -1.97. The van der Waals surface area contributed by atoms with Gasteiger partial charge in [-0.2, -0.15) is 0 Å². The van der Waals surface area contributed by atoms with Crippen molar-refractivity contribution >= 4 is 5.82 Å². The van der Waals surface area contributed by atoms with Gasteiger partial charge in [0.15, 0.2) is 11.6 Å². The van der Waals surface area contributed by atoms with Gasteiger partial charge in [-0.3, -0.25) is 0 Å². The van der Waals surface area contributed by atoms with Gasteiger partial charge in [0.05, 0.1) is 0 Å². The molecule has 0 bridgehead atoms. The lowest BCUT2D eigenvalue weighted by molar-refractivity contribution is 0.509. The van der Waals surface area contributed by atoms with E-state index in [1.165, 1.54) is 12.1 Å². The quantitative estimate of drug-likeness (QED) is 0.861. The lowest BCUT2D eigenvalue weighted by Gasteiger charge is -2.07. The Bertz CT molecular complexity index is 553. The van der Waals surface area contributed by atoms with Crippen LogP contribution < -0.4 is 5.32 Å². The first-order valence-corrected chi connectivity index (χ1v) is 5.21. The van der Waals surface area contributed by atoms with Gasteiger partial charge in [0.1, 0.15) is 5.82 Å². The molecule has 17 heavy (non-hydrogen) atoms. The van der Waals surface area contributed by atoms with Gasteiger partial charge in [0.25, 0.3) is 0 Å². The number of pyridine rings is 1. The number of anilines is 1. The summed E-state index contributed by atoms with van der Waals surface area (Å²) in [5, 5.41) is 2.95. The van der Waals surface area contributed by atoms with Crippen LogP contribution in [0.15, 0.2) is 30.5 Å². The standard InChI is InChI=1S/C13H12F2N2/c1-8-5-10(7-17-13(8)16-2)9-3-4-11(14)12(15)6-9/h3-7H,1-2H3,(H,16,17). The van der Waals surface area contributed by atoms with Crippen molar-refractivity contribution in [2.24, 2.45) is 0 Å². The summed E-state index contributed by atoms with van der Waals surface area (Å²) in [5.41, 5.74) is 2.33. The maximum atomic E-state index is 13.1. The highest BCUT2D eigenvalue weighted by atomic mass is 19.2. The molecule has 0 unspecified atom stereocenters. The van der Waals surface area contributed by atoms with Crippen LogP contribution in [0.2, 0.25) is 0 Å². The average Bonchev–Trinajstić information content (AvgIpc) is 2.32. The lowest BCUT2D eigenvalue weighted by atomic mass is 10.1. The molecule has 0 saturated heterocycles. The maximum absolute atomic E-state index is 13.1. The number of benzene rings is 1. The summed E-state index contributed by atoms with van der Waals surface area (Å²) < 4.78 is 25.9. The Morgan fingerprint density at radius 2 is 1.82 bits per heavy atom. The van der Waals surface area contributed by atoms with Crippen molar-refractivity contribution in [3.8, 4) is 11.1 Å². The second kappa shape index (κ2) is 4.49. The molecule has 0 spiro atoms. The first-order valence-electron chi connectivity index (χ1n) is 5.21. The molecule has 1 aromatic carbocycles. The molecule has 1 N–H and O–H groups in total. The van der Waals surface area contributed by atoms with E-state index in [4.69, 9.17) is 0 Å². The molecule has 2 rings (SSSR count). The van der Waals surface area contributed by atoms with Crippen LogP contribution in [0.25, 0.3) is 11.1 Å². The summed E-state index contributed by atoms with van der Waals surface area (Å²) in [4.78, 5) is 4.20. The predicted octanol–water partition coefficient (Wildman–Crippen LogP) is 3.38. The van der Waals surface area contributed by atoms with E-state index in [-0.39, 0.29) is 0 Å².